The Kier molecular flexibility index (Phi) is 3.65. The lowest BCUT2D eigenvalue weighted by atomic mass is 10.1. The number of carbonyl (C=O) groups is 1. The molecule has 0 spiro atoms. The fraction of sp³-hybridized carbons (Fsp3) is 0.278. The number of amides is 1. The molecule has 3 aromatic rings. The van der Waals surface area contributed by atoms with Crippen molar-refractivity contribution in [3.8, 4) is 22.7 Å². The molecule has 2 aromatic heterocycles. The standard InChI is InChI=1S/C18H18N4O2/c1-12-18(24-11-21-12)17-16(14-5-3-2-4-6-14)20-10-22(17)9-13-7-15(23)19-8-13/h2-6,10-11,13H,7-9H2,1H3,(H,19,23). The SMILES string of the molecule is Cc1ncoc1-c1c(-c2ccccc2)ncn1CC1CNC(=O)C1. The molecule has 0 aliphatic carbocycles. The summed E-state index contributed by atoms with van der Waals surface area (Å²) >= 11 is 0. The number of benzene rings is 1. The van der Waals surface area contributed by atoms with Crippen LogP contribution >= 0.6 is 0 Å². The van der Waals surface area contributed by atoms with Gasteiger partial charge in [-0.1, -0.05) is 30.3 Å². The van der Waals surface area contributed by atoms with E-state index in [0.717, 1.165) is 28.4 Å². The van der Waals surface area contributed by atoms with Crippen LogP contribution in [-0.4, -0.2) is 27.0 Å². The predicted molar refractivity (Wildman–Crippen MR) is 89.0 cm³/mol. The molecule has 1 N–H and O–H groups in total. The third-order valence-electron chi connectivity index (χ3n) is 4.36. The first kappa shape index (κ1) is 14.7. The minimum absolute atomic E-state index is 0.112. The van der Waals surface area contributed by atoms with Gasteiger partial charge in [-0.05, 0) is 6.92 Å². The molecule has 1 aliphatic heterocycles. The summed E-state index contributed by atoms with van der Waals surface area (Å²) in [5, 5.41) is 2.89. The lowest BCUT2D eigenvalue weighted by Gasteiger charge is -2.12. The smallest absolute Gasteiger partial charge is 0.220 e. The van der Waals surface area contributed by atoms with Crippen molar-refractivity contribution < 1.29 is 9.21 Å². The van der Waals surface area contributed by atoms with Gasteiger partial charge in [0.1, 0.15) is 5.69 Å². The summed E-state index contributed by atoms with van der Waals surface area (Å²) in [6.45, 7) is 3.34. The summed E-state index contributed by atoms with van der Waals surface area (Å²) in [7, 11) is 0. The minimum atomic E-state index is 0.112. The quantitative estimate of drug-likeness (QED) is 0.801. The lowest BCUT2D eigenvalue weighted by molar-refractivity contribution is -0.119. The van der Waals surface area contributed by atoms with E-state index >= 15 is 0 Å². The van der Waals surface area contributed by atoms with Crippen molar-refractivity contribution in [3.05, 3.63) is 48.7 Å². The Hall–Kier alpha value is -2.89. The highest BCUT2D eigenvalue weighted by Crippen LogP contribution is 2.33. The van der Waals surface area contributed by atoms with Gasteiger partial charge in [-0.3, -0.25) is 4.79 Å². The van der Waals surface area contributed by atoms with Crippen molar-refractivity contribution in [3.63, 3.8) is 0 Å². The Morgan fingerprint density at radius 2 is 2.12 bits per heavy atom. The van der Waals surface area contributed by atoms with Gasteiger partial charge >= 0.3 is 0 Å². The highest BCUT2D eigenvalue weighted by molar-refractivity contribution is 5.78. The zero-order valence-corrected chi connectivity index (χ0v) is 13.4. The second-order valence-electron chi connectivity index (χ2n) is 6.10. The highest BCUT2D eigenvalue weighted by atomic mass is 16.3. The Morgan fingerprint density at radius 3 is 2.79 bits per heavy atom. The van der Waals surface area contributed by atoms with E-state index in [2.05, 4.69) is 19.9 Å². The van der Waals surface area contributed by atoms with Crippen LogP contribution in [0.1, 0.15) is 12.1 Å². The Labute approximate surface area is 139 Å². The molecule has 1 atom stereocenters. The number of hydrogen-bond donors (Lipinski definition) is 1. The van der Waals surface area contributed by atoms with E-state index in [1.807, 2.05) is 43.6 Å². The number of carbonyl (C=O) groups excluding carboxylic acids is 1. The summed E-state index contributed by atoms with van der Waals surface area (Å²) < 4.78 is 7.71. The molecule has 122 valence electrons. The Morgan fingerprint density at radius 1 is 1.29 bits per heavy atom. The summed E-state index contributed by atoms with van der Waals surface area (Å²) in [5.41, 5.74) is 3.64. The van der Waals surface area contributed by atoms with E-state index < -0.39 is 0 Å². The van der Waals surface area contributed by atoms with Crippen molar-refractivity contribution in [2.75, 3.05) is 6.54 Å². The maximum Gasteiger partial charge on any atom is 0.220 e. The minimum Gasteiger partial charge on any atom is -0.442 e. The van der Waals surface area contributed by atoms with Crippen LogP contribution in [0.4, 0.5) is 0 Å². The van der Waals surface area contributed by atoms with Gasteiger partial charge in [-0.2, -0.15) is 0 Å². The number of oxazole rings is 1. The molecule has 1 amide bonds. The second-order valence-corrected chi connectivity index (χ2v) is 6.10. The van der Waals surface area contributed by atoms with Gasteiger partial charge < -0.3 is 14.3 Å². The molecule has 4 rings (SSSR count). The molecule has 0 bridgehead atoms. The van der Waals surface area contributed by atoms with Crippen molar-refractivity contribution >= 4 is 5.91 Å². The van der Waals surface area contributed by atoms with Crippen LogP contribution in [-0.2, 0) is 11.3 Å². The van der Waals surface area contributed by atoms with Crippen LogP contribution in [0, 0.1) is 12.8 Å². The largest absolute Gasteiger partial charge is 0.442 e. The van der Waals surface area contributed by atoms with Gasteiger partial charge in [0, 0.05) is 31.0 Å². The van der Waals surface area contributed by atoms with E-state index in [4.69, 9.17) is 4.42 Å². The fourth-order valence-corrected chi connectivity index (χ4v) is 3.17. The number of rotatable bonds is 4. The maximum absolute atomic E-state index is 11.5. The number of imidazole rings is 1. The van der Waals surface area contributed by atoms with Gasteiger partial charge in [-0.15, -0.1) is 0 Å². The normalized spacial score (nSPS) is 17.2. The second kappa shape index (κ2) is 5.96. The van der Waals surface area contributed by atoms with Crippen LogP contribution in [0.25, 0.3) is 22.7 Å². The summed E-state index contributed by atoms with van der Waals surface area (Å²) in [6, 6.07) is 10.0. The molecule has 6 heteroatoms. The third-order valence-corrected chi connectivity index (χ3v) is 4.36. The topological polar surface area (TPSA) is 73.0 Å². The third kappa shape index (κ3) is 2.60. The molecule has 1 aromatic carbocycles. The first-order chi connectivity index (χ1) is 11.7. The first-order valence-corrected chi connectivity index (χ1v) is 8.00. The molecule has 24 heavy (non-hydrogen) atoms. The average Bonchev–Trinajstić information content (AvgIpc) is 3.29. The molecule has 1 aliphatic rings. The zero-order valence-electron chi connectivity index (χ0n) is 13.4. The number of aryl methyl sites for hydroxylation is 1. The van der Waals surface area contributed by atoms with E-state index in [0.29, 0.717) is 19.5 Å². The van der Waals surface area contributed by atoms with Gasteiger partial charge in [0.15, 0.2) is 12.2 Å². The van der Waals surface area contributed by atoms with Gasteiger partial charge in [0.05, 0.1) is 17.7 Å². The predicted octanol–water partition coefficient (Wildman–Crippen LogP) is 2.65. The number of hydrogen-bond acceptors (Lipinski definition) is 4. The van der Waals surface area contributed by atoms with Gasteiger partial charge in [-0.25, -0.2) is 9.97 Å². The number of nitrogens with zero attached hydrogens (tertiary/aromatic N) is 3. The zero-order chi connectivity index (χ0) is 16.5. The van der Waals surface area contributed by atoms with Crippen molar-refractivity contribution in [2.24, 2.45) is 5.92 Å². The molecule has 1 unspecified atom stereocenters. The fourth-order valence-electron chi connectivity index (χ4n) is 3.17. The molecule has 0 radical (unpaired) electrons. The molecule has 0 saturated carbocycles. The summed E-state index contributed by atoms with van der Waals surface area (Å²) in [5.74, 6) is 1.10. The molecular weight excluding hydrogens is 304 g/mol. The van der Waals surface area contributed by atoms with Crippen molar-refractivity contribution in [1.29, 1.82) is 0 Å². The first-order valence-electron chi connectivity index (χ1n) is 8.00. The van der Waals surface area contributed by atoms with Crippen molar-refractivity contribution in [2.45, 2.75) is 19.9 Å². The molecule has 3 heterocycles. The maximum atomic E-state index is 11.5. The van der Waals surface area contributed by atoms with Crippen molar-refractivity contribution in [1.82, 2.24) is 19.9 Å². The molecule has 6 nitrogen and oxygen atoms in total. The number of nitrogens with one attached hydrogen (secondary N) is 1. The monoisotopic (exact) mass is 322 g/mol. The van der Waals surface area contributed by atoms with Crippen LogP contribution in [0.2, 0.25) is 0 Å². The van der Waals surface area contributed by atoms with Crippen LogP contribution in [0.3, 0.4) is 0 Å². The molecular formula is C18H18N4O2. The molecule has 1 fully saturated rings. The van der Waals surface area contributed by atoms with E-state index in [1.165, 1.54) is 6.39 Å². The van der Waals surface area contributed by atoms with Crippen LogP contribution in [0.5, 0.6) is 0 Å². The van der Waals surface area contributed by atoms with E-state index in [1.54, 1.807) is 0 Å². The molecule has 1 saturated heterocycles. The lowest BCUT2D eigenvalue weighted by Crippen LogP contribution is -2.16. The Bertz CT molecular complexity index is 866. The van der Waals surface area contributed by atoms with Gasteiger partial charge in [0.2, 0.25) is 5.91 Å². The Balaban J connectivity index is 1.78. The van der Waals surface area contributed by atoms with Crippen LogP contribution in [0.15, 0.2) is 47.5 Å². The van der Waals surface area contributed by atoms with E-state index in [9.17, 15) is 4.79 Å². The van der Waals surface area contributed by atoms with E-state index in [-0.39, 0.29) is 11.8 Å². The summed E-state index contributed by atoms with van der Waals surface area (Å²) in [6.07, 6.45) is 3.83. The number of aromatic nitrogens is 3. The average molecular weight is 322 g/mol. The highest BCUT2D eigenvalue weighted by Gasteiger charge is 2.25. The van der Waals surface area contributed by atoms with Crippen LogP contribution < -0.4 is 5.32 Å². The van der Waals surface area contributed by atoms with Gasteiger partial charge in [0.25, 0.3) is 0 Å². The summed E-state index contributed by atoms with van der Waals surface area (Å²) in [4.78, 5) is 20.3.